The van der Waals surface area contributed by atoms with Crippen LogP contribution in [-0.4, -0.2) is 25.7 Å². The first-order valence-corrected chi connectivity index (χ1v) is 11.3. The third-order valence-electron chi connectivity index (χ3n) is 5.55. The number of aromatic nitrogens is 4. The maximum absolute atomic E-state index is 13.5. The number of carbonyl (C=O) groups excluding carboxylic acids is 1. The average Bonchev–Trinajstić information content (AvgIpc) is 3.23. The number of carbonyl (C=O) groups is 1. The van der Waals surface area contributed by atoms with Crippen molar-refractivity contribution < 1.29 is 4.79 Å². The number of benzene rings is 2. The van der Waals surface area contributed by atoms with Gasteiger partial charge in [-0.2, -0.15) is 4.98 Å². The van der Waals surface area contributed by atoms with Crippen molar-refractivity contribution in [3.05, 3.63) is 99.4 Å². The molecule has 1 aliphatic heterocycles. The second kappa shape index (κ2) is 8.93. The van der Waals surface area contributed by atoms with Crippen molar-refractivity contribution in [2.24, 2.45) is 0 Å². The molecule has 0 spiro atoms. The van der Waals surface area contributed by atoms with Crippen molar-refractivity contribution >= 4 is 40.7 Å². The number of nitrogens with zero attached hydrogens (tertiary/aromatic N) is 4. The number of hydrogen-bond donors (Lipinski definition) is 2. The van der Waals surface area contributed by atoms with E-state index in [4.69, 9.17) is 33.3 Å². The minimum absolute atomic E-state index is 0.299. The first kappa shape index (κ1) is 22.1. The Morgan fingerprint density at radius 2 is 1.94 bits per heavy atom. The Morgan fingerprint density at radius 3 is 2.68 bits per heavy atom. The molecule has 9 heteroatoms. The quantitative estimate of drug-likeness (QED) is 0.372. The molecule has 1 aliphatic rings. The summed E-state index contributed by atoms with van der Waals surface area (Å²) in [6, 6.07) is 16.1. The summed E-state index contributed by atoms with van der Waals surface area (Å²) in [7, 11) is 0. The molecule has 1 atom stereocenters. The van der Waals surface area contributed by atoms with E-state index >= 15 is 0 Å². The van der Waals surface area contributed by atoms with Gasteiger partial charge in [-0.25, -0.2) is 4.68 Å². The Hall–Kier alpha value is -3.68. The van der Waals surface area contributed by atoms with Gasteiger partial charge >= 0.3 is 0 Å². The van der Waals surface area contributed by atoms with Crippen molar-refractivity contribution in [3.63, 3.8) is 0 Å². The highest BCUT2D eigenvalue weighted by Crippen LogP contribution is 2.40. The zero-order valence-electron chi connectivity index (χ0n) is 18.4. The summed E-state index contributed by atoms with van der Waals surface area (Å²) in [5, 5.41) is 11.9. The van der Waals surface area contributed by atoms with E-state index in [1.165, 1.54) is 0 Å². The van der Waals surface area contributed by atoms with Gasteiger partial charge in [0.2, 0.25) is 5.95 Å². The van der Waals surface area contributed by atoms with Crippen LogP contribution in [0.15, 0.2) is 78.3 Å². The standard InChI is InChI=1S/C25H20Cl2N6O/c1-14-5-3-6-16(11-14)23-31-25-29-15(2)21(24(34)30-18-7-4-10-28-13-18)22(33(25)32-23)19-9-8-17(26)12-20(19)27/h3-13,22H,1-2H3,(H,30,34)(H,29,31,32). The number of allylic oxidation sites excluding steroid dienone is 1. The molecule has 2 N–H and O–H groups in total. The molecule has 34 heavy (non-hydrogen) atoms. The Kier molecular flexibility index (Phi) is 5.81. The highest BCUT2D eigenvalue weighted by atomic mass is 35.5. The van der Waals surface area contributed by atoms with Crippen LogP contribution in [0.4, 0.5) is 11.6 Å². The Labute approximate surface area is 206 Å². The maximum Gasteiger partial charge on any atom is 0.255 e. The lowest BCUT2D eigenvalue weighted by Crippen LogP contribution is -2.31. The second-order valence-electron chi connectivity index (χ2n) is 8.00. The lowest BCUT2D eigenvalue weighted by Gasteiger charge is -2.29. The van der Waals surface area contributed by atoms with Gasteiger partial charge in [0.15, 0.2) is 5.82 Å². The van der Waals surface area contributed by atoms with E-state index in [0.29, 0.717) is 44.3 Å². The predicted octanol–water partition coefficient (Wildman–Crippen LogP) is 5.88. The van der Waals surface area contributed by atoms with Crippen molar-refractivity contribution in [1.29, 1.82) is 0 Å². The molecule has 1 unspecified atom stereocenters. The lowest BCUT2D eigenvalue weighted by atomic mass is 9.95. The first-order chi connectivity index (χ1) is 16.4. The summed E-state index contributed by atoms with van der Waals surface area (Å²) in [5.41, 5.74) is 4.35. The average molecular weight is 491 g/mol. The van der Waals surface area contributed by atoms with Crippen molar-refractivity contribution in [3.8, 4) is 11.4 Å². The minimum atomic E-state index is -0.622. The number of anilines is 2. The van der Waals surface area contributed by atoms with Gasteiger partial charge in [0.25, 0.3) is 5.91 Å². The number of aryl methyl sites for hydroxylation is 1. The molecule has 170 valence electrons. The number of rotatable bonds is 4. The molecule has 7 nitrogen and oxygen atoms in total. The number of fused-ring (bicyclic) bond motifs is 1. The van der Waals surface area contributed by atoms with Crippen LogP contribution >= 0.6 is 23.2 Å². The van der Waals surface area contributed by atoms with Gasteiger partial charge in [-0.1, -0.05) is 53.0 Å². The molecule has 0 saturated heterocycles. The zero-order valence-corrected chi connectivity index (χ0v) is 19.9. The summed E-state index contributed by atoms with van der Waals surface area (Å²) in [5.74, 6) is 0.762. The summed E-state index contributed by atoms with van der Waals surface area (Å²) >= 11 is 12.8. The van der Waals surface area contributed by atoms with Gasteiger partial charge in [-0.3, -0.25) is 9.78 Å². The Bertz CT molecular complexity index is 1430. The third kappa shape index (κ3) is 4.16. The molecule has 2 aromatic heterocycles. The van der Waals surface area contributed by atoms with E-state index in [0.717, 1.165) is 11.1 Å². The van der Waals surface area contributed by atoms with E-state index in [2.05, 4.69) is 15.6 Å². The van der Waals surface area contributed by atoms with Crippen LogP contribution in [0.2, 0.25) is 10.0 Å². The molecule has 3 heterocycles. The molecule has 5 rings (SSSR count). The van der Waals surface area contributed by atoms with Crippen LogP contribution in [0.5, 0.6) is 0 Å². The van der Waals surface area contributed by atoms with E-state index in [1.807, 2.05) is 44.2 Å². The fraction of sp³-hybridized carbons (Fsp3) is 0.120. The molecule has 0 fully saturated rings. The van der Waals surface area contributed by atoms with Gasteiger partial charge < -0.3 is 10.6 Å². The summed E-state index contributed by atoms with van der Waals surface area (Å²) in [6.07, 6.45) is 3.23. The summed E-state index contributed by atoms with van der Waals surface area (Å²) in [6.45, 7) is 3.85. The summed E-state index contributed by atoms with van der Waals surface area (Å²) < 4.78 is 1.69. The smallest absolute Gasteiger partial charge is 0.255 e. The molecule has 0 radical (unpaired) electrons. The van der Waals surface area contributed by atoms with Crippen LogP contribution < -0.4 is 10.6 Å². The van der Waals surface area contributed by atoms with E-state index in [9.17, 15) is 4.79 Å². The largest absolute Gasteiger partial charge is 0.328 e. The monoisotopic (exact) mass is 490 g/mol. The second-order valence-corrected chi connectivity index (χ2v) is 8.84. The van der Waals surface area contributed by atoms with Crippen LogP contribution in [0.3, 0.4) is 0 Å². The number of nitrogens with one attached hydrogen (secondary N) is 2. The molecule has 0 saturated carbocycles. The Morgan fingerprint density at radius 1 is 1.09 bits per heavy atom. The summed E-state index contributed by atoms with van der Waals surface area (Å²) in [4.78, 5) is 22.3. The number of amides is 1. The SMILES string of the molecule is CC1=C(C(=O)Nc2cccnc2)C(c2ccc(Cl)cc2Cl)n2nc(-c3cccc(C)c3)nc2N1. The minimum Gasteiger partial charge on any atom is -0.328 e. The number of halogens is 2. The number of pyridine rings is 1. The molecule has 4 aromatic rings. The van der Waals surface area contributed by atoms with Crippen molar-refractivity contribution in [1.82, 2.24) is 19.7 Å². The highest BCUT2D eigenvalue weighted by Gasteiger charge is 2.35. The Balaban J connectivity index is 1.64. The van der Waals surface area contributed by atoms with Crippen molar-refractivity contribution in [2.75, 3.05) is 10.6 Å². The fourth-order valence-electron chi connectivity index (χ4n) is 4.00. The van der Waals surface area contributed by atoms with Gasteiger partial charge in [-0.15, -0.1) is 5.10 Å². The fourth-order valence-corrected chi connectivity index (χ4v) is 4.51. The third-order valence-corrected chi connectivity index (χ3v) is 6.11. The highest BCUT2D eigenvalue weighted by molar-refractivity contribution is 6.35. The molecular formula is C25H20Cl2N6O. The maximum atomic E-state index is 13.5. The van der Waals surface area contributed by atoms with E-state index in [1.54, 1.807) is 41.3 Å². The molecule has 2 aromatic carbocycles. The van der Waals surface area contributed by atoms with Crippen LogP contribution in [0.1, 0.15) is 24.1 Å². The molecule has 0 aliphatic carbocycles. The molecule has 1 amide bonds. The van der Waals surface area contributed by atoms with Gasteiger partial charge in [0, 0.05) is 33.1 Å². The normalized spacial score (nSPS) is 15.0. The topological polar surface area (TPSA) is 84.7 Å². The van der Waals surface area contributed by atoms with Gasteiger partial charge in [0.1, 0.15) is 6.04 Å². The van der Waals surface area contributed by atoms with Gasteiger partial charge in [0.05, 0.1) is 17.5 Å². The molecular weight excluding hydrogens is 471 g/mol. The lowest BCUT2D eigenvalue weighted by molar-refractivity contribution is -0.113. The van der Waals surface area contributed by atoms with Gasteiger partial charge in [-0.05, 0) is 44.2 Å². The van der Waals surface area contributed by atoms with Crippen molar-refractivity contribution in [2.45, 2.75) is 19.9 Å². The number of hydrogen-bond acceptors (Lipinski definition) is 5. The van der Waals surface area contributed by atoms with E-state index < -0.39 is 6.04 Å². The van der Waals surface area contributed by atoms with Crippen LogP contribution in [0, 0.1) is 6.92 Å². The van der Waals surface area contributed by atoms with Crippen LogP contribution in [-0.2, 0) is 4.79 Å². The first-order valence-electron chi connectivity index (χ1n) is 10.6. The van der Waals surface area contributed by atoms with Crippen LogP contribution in [0.25, 0.3) is 11.4 Å². The van der Waals surface area contributed by atoms with E-state index in [-0.39, 0.29) is 5.91 Å². The predicted molar refractivity (Wildman–Crippen MR) is 134 cm³/mol. The molecule has 0 bridgehead atoms. The zero-order chi connectivity index (χ0) is 23.8.